The molecule has 0 spiro atoms. The van der Waals surface area contributed by atoms with Crippen molar-refractivity contribution in [3.63, 3.8) is 0 Å². The summed E-state index contributed by atoms with van der Waals surface area (Å²) < 4.78 is 5.20. The minimum Gasteiger partial charge on any atom is -0.465 e. The zero-order valence-corrected chi connectivity index (χ0v) is 12.4. The van der Waals surface area contributed by atoms with Crippen LogP contribution in [0.1, 0.15) is 30.9 Å². The third kappa shape index (κ3) is 3.31. The van der Waals surface area contributed by atoms with Gasteiger partial charge < -0.3 is 9.84 Å². The predicted molar refractivity (Wildman–Crippen MR) is 83.1 cm³/mol. The number of carbonyl (C=O) groups excluding carboxylic acids is 1. The second-order valence-electron chi connectivity index (χ2n) is 4.85. The zero-order chi connectivity index (χ0) is 15.2. The third-order valence-corrected chi connectivity index (χ3v) is 3.42. The summed E-state index contributed by atoms with van der Waals surface area (Å²) in [6, 6.07) is 16.6. The van der Waals surface area contributed by atoms with E-state index in [1.807, 2.05) is 24.3 Å². The van der Waals surface area contributed by atoms with Crippen molar-refractivity contribution >= 4 is 5.97 Å². The highest BCUT2D eigenvalue weighted by atomic mass is 16.5. The Morgan fingerprint density at radius 1 is 1.05 bits per heavy atom. The Labute approximate surface area is 125 Å². The molecule has 0 aliphatic heterocycles. The molecule has 3 nitrogen and oxygen atoms in total. The molecule has 1 aliphatic rings. The van der Waals surface area contributed by atoms with Gasteiger partial charge in [0.05, 0.1) is 0 Å². The van der Waals surface area contributed by atoms with Gasteiger partial charge in [-0.05, 0) is 29.2 Å². The van der Waals surface area contributed by atoms with Crippen LogP contribution in [0.3, 0.4) is 0 Å². The molecule has 1 aliphatic carbocycles. The van der Waals surface area contributed by atoms with Crippen molar-refractivity contribution in [2.75, 3.05) is 13.2 Å². The van der Waals surface area contributed by atoms with Crippen molar-refractivity contribution in [2.45, 2.75) is 19.8 Å². The Balaban J connectivity index is 0.000000497. The maximum atomic E-state index is 11.0. The number of aliphatic hydroxyl groups is 1. The molecule has 0 atom stereocenters. The van der Waals surface area contributed by atoms with E-state index < -0.39 is 0 Å². The Kier molecular flexibility index (Phi) is 5.12. The van der Waals surface area contributed by atoms with Crippen LogP contribution in [-0.2, 0) is 9.53 Å². The molecule has 110 valence electrons. The molecule has 3 rings (SSSR count). The molecule has 0 aromatic heterocycles. The summed E-state index contributed by atoms with van der Waals surface area (Å²) >= 11 is 0. The van der Waals surface area contributed by atoms with Crippen LogP contribution < -0.4 is 0 Å². The highest BCUT2D eigenvalue weighted by Crippen LogP contribution is 2.44. The highest BCUT2D eigenvalue weighted by molar-refractivity contribution is 5.79. The van der Waals surface area contributed by atoms with E-state index >= 15 is 0 Å². The summed E-state index contributed by atoms with van der Waals surface area (Å²) in [4.78, 5) is 11.0. The van der Waals surface area contributed by atoms with Crippen LogP contribution in [0.4, 0.5) is 0 Å². The second-order valence-corrected chi connectivity index (χ2v) is 4.85. The highest BCUT2D eigenvalue weighted by Gasteiger charge is 2.28. The lowest BCUT2D eigenvalue weighted by atomic mass is 9.98. The van der Waals surface area contributed by atoms with Crippen LogP contribution in [0.15, 0.2) is 48.5 Å². The number of benzene rings is 2. The molecule has 0 saturated heterocycles. The summed E-state index contributed by atoms with van der Waals surface area (Å²) in [7, 11) is 0. The topological polar surface area (TPSA) is 46.5 Å². The van der Waals surface area contributed by atoms with E-state index in [4.69, 9.17) is 9.84 Å². The van der Waals surface area contributed by atoms with E-state index in [1.165, 1.54) is 29.2 Å². The molecule has 3 heteroatoms. The quantitative estimate of drug-likeness (QED) is 0.860. The lowest BCUT2D eigenvalue weighted by molar-refractivity contribution is -0.141. The van der Waals surface area contributed by atoms with E-state index in [-0.39, 0.29) is 18.5 Å². The summed E-state index contributed by atoms with van der Waals surface area (Å²) in [5.41, 5.74) is 5.01. The van der Waals surface area contributed by atoms with Crippen LogP contribution in [-0.4, -0.2) is 24.3 Å². The van der Waals surface area contributed by atoms with Gasteiger partial charge in [0, 0.05) is 19.4 Å². The average molecular weight is 284 g/mol. The van der Waals surface area contributed by atoms with Crippen LogP contribution in [0.2, 0.25) is 0 Å². The van der Waals surface area contributed by atoms with Gasteiger partial charge in [-0.25, -0.2) is 0 Å². The van der Waals surface area contributed by atoms with Crippen LogP contribution in [0, 0.1) is 0 Å². The van der Waals surface area contributed by atoms with Gasteiger partial charge in [-0.3, -0.25) is 4.79 Å². The molecule has 0 bridgehead atoms. The first kappa shape index (κ1) is 15.3. The minimum atomic E-state index is -0.225. The fourth-order valence-corrected chi connectivity index (χ4v) is 2.64. The van der Waals surface area contributed by atoms with Gasteiger partial charge >= 0.3 is 5.97 Å². The molecule has 0 heterocycles. The number of ether oxygens (including phenoxy) is 1. The maximum absolute atomic E-state index is 11.0. The predicted octanol–water partition coefficient (Wildman–Crippen LogP) is 3.36. The van der Waals surface area contributed by atoms with E-state index in [0.717, 1.165) is 0 Å². The first-order valence-electron chi connectivity index (χ1n) is 7.11. The van der Waals surface area contributed by atoms with Crippen molar-refractivity contribution in [3.05, 3.63) is 59.7 Å². The Morgan fingerprint density at radius 2 is 1.48 bits per heavy atom. The Bertz CT molecular complexity index is 574. The van der Waals surface area contributed by atoms with Gasteiger partial charge in [0.2, 0.25) is 0 Å². The summed E-state index contributed by atoms with van der Waals surface area (Å²) in [6.45, 7) is 3.80. The van der Waals surface area contributed by atoms with Crippen molar-refractivity contribution in [2.24, 2.45) is 0 Å². The first-order chi connectivity index (χ1) is 10.2. The number of esters is 1. The lowest BCUT2D eigenvalue weighted by Gasteiger charge is -2.12. The van der Waals surface area contributed by atoms with Gasteiger partial charge in [-0.2, -0.15) is 0 Å². The van der Waals surface area contributed by atoms with Crippen molar-refractivity contribution in [3.8, 4) is 11.1 Å². The molecule has 0 amide bonds. The first-order valence-corrected chi connectivity index (χ1v) is 7.11. The van der Waals surface area contributed by atoms with Gasteiger partial charge in [0.25, 0.3) is 0 Å². The monoisotopic (exact) mass is 284 g/mol. The number of fused-ring (bicyclic) bond motifs is 3. The largest absolute Gasteiger partial charge is 0.465 e. The molecular formula is C18H20O3. The van der Waals surface area contributed by atoms with Gasteiger partial charge in [0.15, 0.2) is 0 Å². The van der Waals surface area contributed by atoms with Crippen LogP contribution in [0.5, 0.6) is 0 Å². The fraction of sp³-hybridized carbons (Fsp3) is 0.278. The summed E-state index contributed by atoms with van der Waals surface area (Å²) in [5.74, 6) is -0.0573. The maximum Gasteiger partial charge on any atom is 0.302 e. The van der Waals surface area contributed by atoms with E-state index in [0.29, 0.717) is 6.61 Å². The normalized spacial score (nSPS) is 12.0. The van der Waals surface area contributed by atoms with E-state index in [1.54, 1.807) is 6.92 Å². The summed E-state index contributed by atoms with van der Waals surface area (Å²) in [6.07, 6.45) is 0. The fourth-order valence-electron chi connectivity index (χ4n) is 2.64. The van der Waals surface area contributed by atoms with Crippen molar-refractivity contribution in [1.82, 2.24) is 0 Å². The average Bonchev–Trinajstić information content (AvgIpc) is 2.80. The second kappa shape index (κ2) is 7.04. The van der Waals surface area contributed by atoms with Crippen LogP contribution in [0.25, 0.3) is 11.1 Å². The molecule has 0 saturated carbocycles. The molecule has 0 unspecified atom stereocenters. The smallest absolute Gasteiger partial charge is 0.302 e. The number of hydrogen-bond donors (Lipinski definition) is 1. The van der Waals surface area contributed by atoms with Gasteiger partial charge in [0.1, 0.15) is 6.61 Å². The summed E-state index contributed by atoms with van der Waals surface area (Å²) in [5, 5.41) is 7.57. The van der Waals surface area contributed by atoms with Gasteiger partial charge in [-0.1, -0.05) is 48.5 Å². The Hall–Kier alpha value is -2.13. The van der Waals surface area contributed by atoms with Gasteiger partial charge in [-0.15, -0.1) is 0 Å². The lowest BCUT2D eigenvalue weighted by Crippen LogP contribution is -2.09. The number of aliphatic hydroxyl groups excluding tert-OH is 1. The van der Waals surface area contributed by atoms with Crippen LogP contribution >= 0.6 is 0 Å². The molecule has 0 radical (unpaired) electrons. The number of carbonyl (C=O) groups is 1. The van der Waals surface area contributed by atoms with Crippen molar-refractivity contribution < 1.29 is 14.6 Å². The number of hydrogen-bond acceptors (Lipinski definition) is 3. The van der Waals surface area contributed by atoms with Crippen molar-refractivity contribution in [1.29, 1.82) is 0 Å². The number of rotatable bonds is 2. The molecule has 1 N–H and O–H groups in total. The SMILES string of the molecule is CC(=O)OCC1c2ccccc2-c2ccccc21.CCO. The minimum absolute atomic E-state index is 0.168. The van der Waals surface area contributed by atoms with E-state index in [2.05, 4.69) is 24.3 Å². The van der Waals surface area contributed by atoms with E-state index in [9.17, 15) is 4.79 Å². The molecular weight excluding hydrogens is 264 g/mol. The molecule has 21 heavy (non-hydrogen) atoms. The molecule has 2 aromatic carbocycles. The third-order valence-electron chi connectivity index (χ3n) is 3.42. The Morgan fingerprint density at radius 3 is 1.90 bits per heavy atom. The molecule has 0 fully saturated rings. The zero-order valence-electron chi connectivity index (χ0n) is 12.4. The standard InChI is InChI=1S/C16H14O2.C2H6O/c1-11(17)18-10-16-14-8-4-2-6-12(14)13-7-3-5-9-15(13)16;1-2-3/h2-9,16H,10H2,1H3;3H,2H2,1H3. The molecule has 2 aromatic rings.